The summed E-state index contributed by atoms with van der Waals surface area (Å²) in [6.07, 6.45) is 2.91. The van der Waals surface area contributed by atoms with Crippen LogP contribution in [0.5, 0.6) is 0 Å². The average molecular weight is 288 g/mol. The summed E-state index contributed by atoms with van der Waals surface area (Å²) in [5.74, 6) is 1.28. The summed E-state index contributed by atoms with van der Waals surface area (Å²) in [7, 11) is 1.66. The molecule has 0 saturated carbocycles. The second-order valence-corrected chi connectivity index (χ2v) is 4.30. The summed E-state index contributed by atoms with van der Waals surface area (Å²) < 4.78 is 5.16. The van der Waals surface area contributed by atoms with Gasteiger partial charge in [-0.05, 0) is 17.3 Å². The number of tetrazole rings is 1. The molecule has 0 bridgehead atoms. The summed E-state index contributed by atoms with van der Waals surface area (Å²) >= 11 is 0. The number of nitrogens with zero attached hydrogens (tertiary/aromatic N) is 7. The molecule has 3 aromatic rings. The van der Waals surface area contributed by atoms with E-state index in [2.05, 4.69) is 30.6 Å². The van der Waals surface area contributed by atoms with Crippen molar-refractivity contribution >= 4 is 5.91 Å². The van der Waals surface area contributed by atoms with E-state index in [1.165, 1.54) is 22.3 Å². The van der Waals surface area contributed by atoms with Crippen molar-refractivity contribution in [1.29, 1.82) is 0 Å². The second kappa shape index (κ2) is 5.53. The Kier molecular flexibility index (Phi) is 3.41. The summed E-state index contributed by atoms with van der Waals surface area (Å²) in [5, 5.41) is 18.2. The predicted octanol–water partition coefficient (Wildman–Crippen LogP) is -0.290. The monoisotopic (exact) mass is 288 g/mol. The lowest BCUT2D eigenvalue weighted by Gasteiger charge is -2.14. The Morgan fingerprint density at radius 2 is 2.43 bits per heavy atom. The first-order valence-electron chi connectivity index (χ1n) is 6.12. The molecular formula is C11H12N8O2. The highest BCUT2D eigenvalue weighted by Gasteiger charge is 2.14. The Bertz CT molecular complexity index is 703. The Balaban J connectivity index is 1.62. The lowest BCUT2D eigenvalue weighted by atomic mass is 10.4. The number of carbonyl (C=O) groups excluding carboxylic acids is 1. The quantitative estimate of drug-likeness (QED) is 0.685. The molecule has 0 aliphatic rings. The Morgan fingerprint density at radius 3 is 3.14 bits per heavy atom. The number of aromatic nitrogens is 7. The van der Waals surface area contributed by atoms with E-state index in [1.54, 1.807) is 19.2 Å². The molecule has 1 N–H and O–H groups in total. The fourth-order valence-electron chi connectivity index (χ4n) is 1.68. The van der Waals surface area contributed by atoms with E-state index in [9.17, 15) is 4.79 Å². The number of aromatic amines is 1. The van der Waals surface area contributed by atoms with Gasteiger partial charge in [0.05, 0.1) is 12.8 Å². The first kappa shape index (κ1) is 13.0. The van der Waals surface area contributed by atoms with Gasteiger partial charge < -0.3 is 9.32 Å². The van der Waals surface area contributed by atoms with Gasteiger partial charge in [0.2, 0.25) is 11.7 Å². The van der Waals surface area contributed by atoms with E-state index in [0.29, 0.717) is 24.0 Å². The number of furan rings is 1. The van der Waals surface area contributed by atoms with E-state index in [1.807, 2.05) is 0 Å². The van der Waals surface area contributed by atoms with E-state index >= 15 is 0 Å². The third-order valence-electron chi connectivity index (χ3n) is 2.75. The summed E-state index contributed by atoms with van der Waals surface area (Å²) in [6, 6.07) is 3.45. The van der Waals surface area contributed by atoms with Crippen LogP contribution in [0.4, 0.5) is 0 Å². The van der Waals surface area contributed by atoms with Crippen molar-refractivity contribution in [3.63, 3.8) is 0 Å². The maximum absolute atomic E-state index is 12.0. The van der Waals surface area contributed by atoms with Gasteiger partial charge in [0.15, 0.2) is 5.76 Å². The standard InChI is InChI=1S/C11H12N8O2/c1-18(5-9-12-7-13-14-9)10(20)6-19-16-11(15-17-19)8-3-2-4-21-8/h2-4,7H,5-6H2,1H3,(H,12,13,14). The van der Waals surface area contributed by atoms with Crippen LogP contribution in [0.15, 0.2) is 29.1 Å². The Labute approximate surface area is 118 Å². The van der Waals surface area contributed by atoms with Crippen LogP contribution in [0.25, 0.3) is 11.6 Å². The zero-order valence-electron chi connectivity index (χ0n) is 11.2. The molecule has 1 amide bonds. The van der Waals surface area contributed by atoms with E-state index in [4.69, 9.17) is 4.42 Å². The molecule has 3 rings (SSSR count). The molecule has 0 unspecified atom stereocenters. The second-order valence-electron chi connectivity index (χ2n) is 4.30. The van der Waals surface area contributed by atoms with Gasteiger partial charge in [-0.2, -0.15) is 9.90 Å². The molecule has 21 heavy (non-hydrogen) atoms. The largest absolute Gasteiger partial charge is 0.461 e. The highest BCUT2D eigenvalue weighted by molar-refractivity contribution is 5.75. The molecule has 0 fully saturated rings. The molecule has 0 spiro atoms. The minimum atomic E-state index is -0.171. The van der Waals surface area contributed by atoms with Gasteiger partial charge in [0.1, 0.15) is 18.7 Å². The minimum Gasteiger partial charge on any atom is -0.461 e. The van der Waals surface area contributed by atoms with Crippen LogP contribution in [0.1, 0.15) is 5.82 Å². The van der Waals surface area contributed by atoms with Crippen LogP contribution in [0.2, 0.25) is 0 Å². The van der Waals surface area contributed by atoms with Crippen molar-refractivity contribution in [3.05, 3.63) is 30.5 Å². The zero-order valence-corrected chi connectivity index (χ0v) is 11.2. The fourth-order valence-corrected chi connectivity index (χ4v) is 1.68. The summed E-state index contributed by atoms with van der Waals surface area (Å²) in [4.78, 5) is 18.7. The minimum absolute atomic E-state index is 0.0155. The van der Waals surface area contributed by atoms with Crippen molar-refractivity contribution in [2.45, 2.75) is 13.1 Å². The molecule has 3 heterocycles. The SMILES string of the molecule is CN(Cc1ncn[nH]1)C(=O)Cn1nnc(-c2ccco2)n1. The number of hydrogen-bond acceptors (Lipinski definition) is 7. The fraction of sp³-hybridized carbons (Fsp3) is 0.273. The smallest absolute Gasteiger partial charge is 0.246 e. The molecule has 0 radical (unpaired) electrons. The van der Waals surface area contributed by atoms with Crippen molar-refractivity contribution < 1.29 is 9.21 Å². The molecule has 0 atom stereocenters. The van der Waals surface area contributed by atoms with Gasteiger partial charge in [-0.25, -0.2) is 4.98 Å². The number of carbonyl (C=O) groups is 1. The maximum atomic E-state index is 12.0. The molecule has 108 valence electrons. The van der Waals surface area contributed by atoms with Crippen LogP contribution >= 0.6 is 0 Å². The predicted molar refractivity (Wildman–Crippen MR) is 68.4 cm³/mol. The molecule has 10 nitrogen and oxygen atoms in total. The molecular weight excluding hydrogens is 276 g/mol. The van der Waals surface area contributed by atoms with Gasteiger partial charge in [0.25, 0.3) is 0 Å². The van der Waals surface area contributed by atoms with Gasteiger partial charge in [-0.3, -0.25) is 9.89 Å². The van der Waals surface area contributed by atoms with Crippen LogP contribution in [0.3, 0.4) is 0 Å². The summed E-state index contributed by atoms with van der Waals surface area (Å²) in [6.45, 7) is 0.316. The van der Waals surface area contributed by atoms with Crippen molar-refractivity contribution in [1.82, 2.24) is 40.3 Å². The number of likely N-dealkylation sites (N-methyl/N-ethyl adjacent to an activating group) is 1. The third kappa shape index (κ3) is 2.94. The van der Waals surface area contributed by atoms with Crippen LogP contribution in [0, 0.1) is 0 Å². The van der Waals surface area contributed by atoms with Crippen LogP contribution < -0.4 is 0 Å². The number of H-pyrrole nitrogens is 1. The number of nitrogens with one attached hydrogen (secondary N) is 1. The van der Waals surface area contributed by atoms with Gasteiger partial charge in [0, 0.05) is 7.05 Å². The highest BCUT2D eigenvalue weighted by atomic mass is 16.3. The molecule has 0 aliphatic heterocycles. The van der Waals surface area contributed by atoms with Crippen molar-refractivity contribution in [3.8, 4) is 11.6 Å². The maximum Gasteiger partial charge on any atom is 0.246 e. The molecule has 0 saturated heterocycles. The molecule has 0 aliphatic carbocycles. The van der Waals surface area contributed by atoms with E-state index in [0.717, 1.165) is 0 Å². The Hall–Kier alpha value is -3.04. The number of hydrogen-bond donors (Lipinski definition) is 1. The average Bonchev–Trinajstić information content (AvgIpc) is 3.20. The van der Waals surface area contributed by atoms with Crippen LogP contribution in [-0.2, 0) is 17.9 Å². The lowest BCUT2D eigenvalue weighted by molar-refractivity contribution is -0.131. The molecule has 3 aromatic heterocycles. The highest BCUT2D eigenvalue weighted by Crippen LogP contribution is 2.12. The van der Waals surface area contributed by atoms with Gasteiger partial charge in [-0.15, -0.1) is 10.2 Å². The topological polar surface area (TPSA) is 119 Å². The number of amides is 1. The molecule has 0 aromatic carbocycles. The first-order chi connectivity index (χ1) is 10.2. The van der Waals surface area contributed by atoms with Crippen molar-refractivity contribution in [2.24, 2.45) is 0 Å². The normalized spacial score (nSPS) is 10.7. The number of rotatable bonds is 5. The van der Waals surface area contributed by atoms with E-state index in [-0.39, 0.29) is 12.5 Å². The third-order valence-corrected chi connectivity index (χ3v) is 2.75. The van der Waals surface area contributed by atoms with Gasteiger partial charge >= 0.3 is 0 Å². The zero-order chi connectivity index (χ0) is 14.7. The molecule has 10 heteroatoms. The van der Waals surface area contributed by atoms with Crippen LogP contribution in [-0.4, -0.2) is 53.2 Å². The summed E-state index contributed by atoms with van der Waals surface area (Å²) in [5.41, 5.74) is 0. The van der Waals surface area contributed by atoms with Gasteiger partial charge in [-0.1, -0.05) is 0 Å². The van der Waals surface area contributed by atoms with Crippen molar-refractivity contribution in [2.75, 3.05) is 7.05 Å². The van der Waals surface area contributed by atoms with E-state index < -0.39 is 0 Å². The first-order valence-corrected chi connectivity index (χ1v) is 6.12. The Morgan fingerprint density at radius 1 is 1.52 bits per heavy atom. The lowest BCUT2D eigenvalue weighted by Crippen LogP contribution is -2.31.